The Morgan fingerprint density at radius 2 is 2.19 bits per heavy atom. The number of aryl methyl sites for hydroxylation is 2. The smallest absolute Gasteiger partial charge is 0.331 e. The van der Waals surface area contributed by atoms with E-state index in [4.69, 9.17) is 4.74 Å². The third-order valence-electron chi connectivity index (χ3n) is 2.17. The van der Waals surface area contributed by atoms with Crippen molar-refractivity contribution >= 4 is 12.0 Å². The van der Waals surface area contributed by atoms with Crippen LogP contribution in [0.5, 0.6) is 0 Å². The van der Waals surface area contributed by atoms with Crippen molar-refractivity contribution in [3.63, 3.8) is 0 Å². The molecule has 0 atom stereocenters. The van der Waals surface area contributed by atoms with Crippen molar-refractivity contribution in [2.45, 2.75) is 13.8 Å². The third-order valence-corrected chi connectivity index (χ3v) is 2.17. The number of carbonyl (C=O) groups excluding carboxylic acids is 1. The molecule has 0 amide bonds. The van der Waals surface area contributed by atoms with Gasteiger partial charge in [0.05, 0.1) is 0 Å². The first kappa shape index (κ1) is 12.2. The molecule has 0 aliphatic carbocycles. The maximum Gasteiger partial charge on any atom is 0.331 e. The quantitative estimate of drug-likeness (QED) is 0.439. The van der Waals surface area contributed by atoms with Crippen LogP contribution in [0.4, 0.5) is 0 Å². The Morgan fingerprint density at radius 1 is 1.44 bits per heavy atom. The number of benzene rings is 1. The molecule has 0 radical (unpaired) electrons. The lowest BCUT2D eigenvalue weighted by Gasteiger charge is -2.01. The number of hydrogen-bond donors (Lipinski definition) is 0. The van der Waals surface area contributed by atoms with Crippen LogP contribution in [0.25, 0.3) is 6.08 Å². The van der Waals surface area contributed by atoms with Crippen molar-refractivity contribution < 1.29 is 9.53 Å². The minimum atomic E-state index is -0.347. The SMILES string of the molecule is C=CCOC(=O)/C=C/c1ccc(C)cc1C. The number of ether oxygens (including phenoxy) is 1. The van der Waals surface area contributed by atoms with Gasteiger partial charge in [-0.25, -0.2) is 4.79 Å². The highest BCUT2D eigenvalue weighted by molar-refractivity contribution is 5.87. The van der Waals surface area contributed by atoms with Crippen molar-refractivity contribution in [3.05, 3.63) is 53.6 Å². The molecule has 1 aromatic carbocycles. The van der Waals surface area contributed by atoms with E-state index in [-0.39, 0.29) is 12.6 Å². The van der Waals surface area contributed by atoms with Crippen LogP contribution in [0.15, 0.2) is 36.9 Å². The molecule has 1 rings (SSSR count). The molecule has 0 bridgehead atoms. The van der Waals surface area contributed by atoms with Gasteiger partial charge in [-0.3, -0.25) is 0 Å². The molecule has 84 valence electrons. The fraction of sp³-hybridized carbons (Fsp3) is 0.214. The van der Waals surface area contributed by atoms with E-state index < -0.39 is 0 Å². The van der Waals surface area contributed by atoms with Gasteiger partial charge in [0, 0.05) is 6.08 Å². The number of hydrogen-bond acceptors (Lipinski definition) is 2. The van der Waals surface area contributed by atoms with Gasteiger partial charge in [-0.15, -0.1) is 0 Å². The summed E-state index contributed by atoms with van der Waals surface area (Å²) in [6.07, 6.45) is 4.74. The lowest BCUT2D eigenvalue weighted by Crippen LogP contribution is -1.99. The Kier molecular flexibility index (Phi) is 4.52. The van der Waals surface area contributed by atoms with Crippen LogP contribution in [0.3, 0.4) is 0 Å². The lowest BCUT2D eigenvalue weighted by atomic mass is 10.1. The zero-order valence-electron chi connectivity index (χ0n) is 9.69. The zero-order valence-corrected chi connectivity index (χ0v) is 9.69. The van der Waals surface area contributed by atoms with E-state index >= 15 is 0 Å². The van der Waals surface area contributed by atoms with Crippen LogP contribution in [0, 0.1) is 13.8 Å². The molecule has 0 unspecified atom stereocenters. The van der Waals surface area contributed by atoms with Crippen LogP contribution in [0.2, 0.25) is 0 Å². The third kappa shape index (κ3) is 3.73. The fourth-order valence-electron chi connectivity index (χ4n) is 1.36. The number of esters is 1. The summed E-state index contributed by atoms with van der Waals surface area (Å²) in [4.78, 5) is 11.2. The highest BCUT2D eigenvalue weighted by atomic mass is 16.5. The lowest BCUT2D eigenvalue weighted by molar-refractivity contribution is -0.136. The van der Waals surface area contributed by atoms with Crippen molar-refractivity contribution in [1.82, 2.24) is 0 Å². The summed E-state index contributed by atoms with van der Waals surface area (Å²) >= 11 is 0. The normalized spacial score (nSPS) is 10.4. The van der Waals surface area contributed by atoms with Gasteiger partial charge in [0.15, 0.2) is 0 Å². The van der Waals surface area contributed by atoms with E-state index in [0.29, 0.717) is 0 Å². The maximum atomic E-state index is 11.2. The summed E-state index contributed by atoms with van der Waals surface area (Å²) in [5.41, 5.74) is 3.39. The summed E-state index contributed by atoms with van der Waals surface area (Å²) in [6.45, 7) is 7.78. The molecule has 2 heteroatoms. The van der Waals surface area contributed by atoms with Crippen LogP contribution < -0.4 is 0 Å². The van der Waals surface area contributed by atoms with Gasteiger partial charge in [-0.1, -0.05) is 36.4 Å². The highest BCUT2D eigenvalue weighted by Gasteiger charge is 1.97. The van der Waals surface area contributed by atoms with Crippen LogP contribution >= 0.6 is 0 Å². The molecule has 0 fully saturated rings. The van der Waals surface area contributed by atoms with Crippen LogP contribution in [-0.4, -0.2) is 12.6 Å². The largest absolute Gasteiger partial charge is 0.458 e. The van der Waals surface area contributed by atoms with Crippen molar-refractivity contribution in [2.75, 3.05) is 6.61 Å². The van der Waals surface area contributed by atoms with Gasteiger partial charge in [0.1, 0.15) is 6.61 Å². The average Bonchev–Trinajstić information content (AvgIpc) is 2.25. The molecule has 1 aromatic rings. The molecule has 0 N–H and O–H groups in total. The molecular weight excluding hydrogens is 200 g/mol. The van der Waals surface area contributed by atoms with Crippen molar-refractivity contribution in [2.24, 2.45) is 0 Å². The summed E-state index contributed by atoms with van der Waals surface area (Å²) in [7, 11) is 0. The van der Waals surface area contributed by atoms with Gasteiger partial charge in [-0.2, -0.15) is 0 Å². The molecule has 0 saturated carbocycles. The first-order valence-corrected chi connectivity index (χ1v) is 5.16. The Labute approximate surface area is 96.2 Å². The second-order valence-electron chi connectivity index (χ2n) is 3.61. The molecule has 0 saturated heterocycles. The Morgan fingerprint density at radius 3 is 2.81 bits per heavy atom. The van der Waals surface area contributed by atoms with Gasteiger partial charge in [0.25, 0.3) is 0 Å². The van der Waals surface area contributed by atoms with Gasteiger partial charge < -0.3 is 4.74 Å². The van der Waals surface area contributed by atoms with Gasteiger partial charge >= 0.3 is 5.97 Å². The monoisotopic (exact) mass is 216 g/mol. The van der Waals surface area contributed by atoms with Crippen LogP contribution in [-0.2, 0) is 9.53 Å². The molecule has 16 heavy (non-hydrogen) atoms. The minimum Gasteiger partial charge on any atom is -0.458 e. The van der Waals surface area contributed by atoms with Crippen molar-refractivity contribution in [1.29, 1.82) is 0 Å². The first-order chi connectivity index (χ1) is 7.63. The van der Waals surface area contributed by atoms with E-state index in [1.54, 1.807) is 12.2 Å². The fourth-order valence-corrected chi connectivity index (χ4v) is 1.36. The van der Waals surface area contributed by atoms with E-state index in [9.17, 15) is 4.79 Å². The Bertz CT molecular complexity index is 417. The molecule has 0 aromatic heterocycles. The molecule has 0 aliphatic rings. The second kappa shape index (κ2) is 5.91. The highest BCUT2D eigenvalue weighted by Crippen LogP contribution is 2.12. The summed E-state index contributed by atoms with van der Waals surface area (Å²) in [6, 6.07) is 6.08. The predicted molar refractivity (Wildman–Crippen MR) is 66.1 cm³/mol. The molecular formula is C14H16O2. The van der Waals surface area contributed by atoms with Gasteiger partial charge in [-0.05, 0) is 31.1 Å². The average molecular weight is 216 g/mol. The zero-order chi connectivity index (χ0) is 12.0. The van der Waals surface area contributed by atoms with Crippen LogP contribution in [0.1, 0.15) is 16.7 Å². The molecule has 2 nitrogen and oxygen atoms in total. The second-order valence-corrected chi connectivity index (χ2v) is 3.61. The topological polar surface area (TPSA) is 26.3 Å². The Balaban J connectivity index is 2.68. The predicted octanol–water partition coefficient (Wildman–Crippen LogP) is 3.05. The van der Waals surface area contributed by atoms with E-state index in [0.717, 1.165) is 11.1 Å². The molecule has 0 heterocycles. The van der Waals surface area contributed by atoms with Gasteiger partial charge in [0.2, 0.25) is 0 Å². The summed E-state index contributed by atoms with van der Waals surface area (Å²) < 4.78 is 4.83. The maximum absolute atomic E-state index is 11.2. The number of rotatable bonds is 4. The standard InChI is InChI=1S/C14H16O2/c1-4-9-16-14(15)8-7-13-6-5-11(2)10-12(13)3/h4-8,10H,1,9H2,2-3H3/b8-7+. The minimum absolute atomic E-state index is 0.246. The Hall–Kier alpha value is -1.83. The van der Waals surface area contributed by atoms with Crippen molar-refractivity contribution in [3.8, 4) is 0 Å². The number of carbonyl (C=O) groups is 1. The first-order valence-electron chi connectivity index (χ1n) is 5.16. The van der Waals surface area contributed by atoms with E-state index in [1.807, 2.05) is 26.0 Å². The summed E-state index contributed by atoms with van der Waals surface area (Å²) in [5.74, 6) is -0.347. The van der Waals surface area contributed by atoms with E-state index in [2.05, 4.69) is 12.6 Å². The van der Waals surface area contributed by atoms with E-state index in [1.165, 1.54) is 11.6 Å². The summed E-state index contributed by atoms with van der Waals surface area (Å²) in [5, 5.41) is 0. The molecule has 0 aliphatic heterocycles. The molecule has 0 spiro atoms.